The molecule has 0 N–H and O–H groups in total. The molecule has 1 aromatic rings. The minimum absolute atomic E-state index is 0.117. The molecule has 35 heavy (non-hydrogen) atoms. The smallest absolute Gasteiger partial charge is 0.230 e. The predicted molar refractivity (Wildman–Crippen MR) is 148 cm³/mol. The molecular weight excluding hydrogens is 434 g/mol. The molecule has 7 heteroatoms. The van der Waals surface area contributed by atoms with Crippen LogP contribution in [0.1, 0.15) is 101 Å². The zero-order chi connectivity index (χ0) is 26.6. The first-order chi connectivity index (χ1) is 15.9. The minimum atomic E-state index is 0.117. The Hall–Kier alpha value is -1.47. The number of aromatic nitrogens is 3. The molecule has 2 fully saturated rings. The second-order valence-electron chi connectivity index (χ2n) is 13.5. The van der Waals surface area contributed by atoms with E-state index in [0.29, 0.717) is 12.1 Å². The minimum Gasteiger partial charge on any atom is -0.338 e. The predicted octanol–water partition coefficient (Wildman–Crippen LogP) is 5.14. The molecule has 0 radical (unpaired) electrons. The third kappa shape index (κ3) is 5.46. The number of aryl methyl sites for hydroxylation is 1. The Morgan fingerprint density at radius 3 is 1.17 bits per heavy atom. The molecule has 7 nitrogen and oxygen atoms in total. The van der Waals surface area contributed by atoms with E-state index in [1.54, 1.807) is 0 Å². The van der Waals surface area contributed by atoms with Crippen molar-refractivity contribution in [2.24, 2.45) is 0 Å². The highest BCUT2D eigenvalue weighted by molar-refractivity contribution is 5.42. The van der Waals surface area contributed by atoms with Gasteiger partial charge in [-0.05, 0) is 116 Å². The molecule has 2 aliphatic heterocycles. The number of likely N-dealkylation sites (tertiary alicyclic amines) is 2. The van der Waals surface area contributed by atoms with Crippen molar-refractivity contribution >= 4 is 11.9 Å². The second-order valence-corrected chi connectivity index (χ2v) is 13.5. The van der Waals surface area contributed by atoms with Crippen LogP contribution in [0, 0.1) is 6.92 Å². The lowest BCUT2D eigenvalue weighted by atomic mass is 9.77. The topological polar surface area (TPSA) is 51.6 Å². The van der Waals surface area contributed by atoms with Gasteiger partial charge in [0, 0.05) is 47.3 Å². The van der Waals surface area contributed by atoms with Crippen molar-refractivity contribution in [3.8, 4) is 0 Å². The fraction of sp³-hybridized carbons (Fsp3) is 0.893. The fourth-order valence-corrected chi connectivity index (χ4v) is 6.91. The number of piperidine rings is 2. The highest BCUT2D eigenvalue weighted by atomic mass is 15.4. The number of nitrogens with zero attached hydrogens (tertiary/aromatic N) is 7. The lowest BCUT2D eigenvalue weighted by molar-refractivity contribution is -0.0128. The summed E-state index contributed by atoms with van der Waals surface area (Å²) in [5.74, 6) is 2.47. The molecule has 0 amide bonds. The molecule has 0 spiro atoms. The summed E-state index contributed by atoms with van der Waals surface area (Å²) < 4.78 is 0. The van der Waals surface area contributed by atoms with Gasteiger partial charge in [0.05, 0.1) is 0 Å². The summed E-state index contributed by atoms with van der Waals surface area (Å²) in [6, 6.07) is 0.791. The molecule has 0 aromatic carbocycles. The quantitative estimate of drug-likeness (QED) is 0.551. The van der Waals surface area contributed by atoms with Crippen LogP contribution in [-0.2, 0) is 0 Å². The summed E-state index contributed by atoms with van der Waals surface area (Å²) in [4.78, 5) is 24.9. The Labute approximate surface area is 215 Å². The lowest BCUT2D eigenvalue weighted by Gasteiger charge is -2.56. The Bertz CT molecular complexity index is 787. The van der Waals surface area contributed by atoms with Crippen molar-refractivity contribution in [1.82, 2.24) is 24.8 Å². The maximum absolute atomic E-state index is 5.16. The van der Waals surface area contributed by atoms with Gasteiger partial charge in [0.2, 0.25) is 11.9 Å². The summed E-state index contributed by atoms with van der Waals surface area (Å²) >= 11 is 0. The van der Waals surface area contributed by atoms with Crippen LogP contribution < -0.4 is 9.80 Å². The van der Waals surface area contributed by atoms with Gasteiger partial charge < -0.3 is 9.80 Å². The van der Waals surface area contributed by atoms with Crippen molar-refractivity contribution in [2.45, 2.75) is 136 Å². The van der Waals surface area contributed by atoms with Crippen LogP contribution in [0.5, 0.6) is 0 Å². The summed E-state index contributed by atoms with van der Waals surface area (Å²) in [7, 11) is 4.53. The van der Waals surface area contributed by atoms with E-state index in [9.17, 15) is 0 Å². The maximum Gasteiger partial charge on any atom is 0.230 e. The Morgan fingerprint density at radius 2 is 0.914 bits per heavy atom. The zero-order valence-electron chi connectivity index (χ0n) is 25.0. The van der Waals surface area contributed by atoms with E-state index in [1.807, 2.05) is 6.92 Å². The molecule has 0 saturated carbocycles. The number of hydrogen-bond acceptors (Lipinski definition) is 7. The van der Waals surface area contributed by atoms with Crippen molar-refractivity contribution in [3.05, 3.63) is 5.82 Å². The van der Waals surface area contributed by atoms with E-state index >= 15 is 0 Å². The van der Waals surface area contributed by atoms with Crippen LogP contribution >= 0.6 is 0 Å². The van der Waals surface area contributed by atoms with Gasteiger partial charge in [-0.1, -0.05) is 0 Å². The standard InChI is InChI=1S/C28H53N7/c1-14-34(21-16-25(4,5)32(12)26(6,7)17-21)23-29-20(3)30-24(31-23)35(15-2)22-18-27(8,9)33(13)28(10,11)19-22/h21-22H,14-19H2,1-13H3. The van der Waals surface area contributed by atoms with Crippen LogP contribution in [0.15, 0.2) is 0 Å². The van der Waals surface area contributed by atoms with Gasteiger partial charge in [0.1, 0.15) is 5.82 Å². The average Bonchev–Trinajstić information content (AvgIpc) is 2.70. The van der Waals surface area contributed by atoms with Crippen molar-refractivity contribution in [3.63, 3.8) is 0 Å². The van der Waals surface area contributed by atoms with Gasteiger partial charge >= 0.3 is 0 Å². The van der Waals surface area contributed by atoms with E-state index in [4.69, 9.17) is 15.0 Å². The third-order valence-electron chi connectivity index (χ3n) is 9.37. The van der Waals surface area contributed by atoms with Crippen LogP contribution in [0.4, 0.5) is 11.9 Å². The van der Waals surface area contributed by atoms with E-state index < -0.39 is 0 Å². The van der Waals surface area contributed by atoms with Crippen molar-refractivity contribution < 1.29 is 0 Å². The molecule has 200 valence electrons. The van der Waals surface area contributed by atoms with E-state index in [1.165, 1.54) is 0 Å². The molecule has 0 atom stereocenters. The Balaban J connectivity index is 1.96. The zero-order valence-corrected chi connectivity index (χ0v) is 25.0. The SMILES string of the molecule is CCN(c1nc(C)nc(N(CC)C2CC(C)(C)N(C)C(C)(C)C2)n1)C1CC(C)(C)N(C)C(C)(C)C1. The average molecular weight is 488 g/mol. The molecule has 2 saturated heterocycles. The van der Waals surface area contributed by atoms with Crippen molar-refractivity contribution in [1.29, 1.82) is 0 Å². The van der Waals surface area contributed by atoms with E-state index in [-0.39, 0.29) is 22.2 Å². The maximum atomic E-state index is 5.16. The molecule has 0 aliphatic carbocycles. The summed E-state index contributed by atoms with van der Waals surface area (Å²) in [6.07, 6.45) is 4.37. The van der Waals surface area contributed by atoms with Crippen molar-refractivity contribution in [2.75, 3.05) is 37.0 Å². The molecule has 3 rings (SSSR count). The van der Waals surface area contributed by atoms with E-state index in [0.717, 1.165) is 56.5 Å². The molecule has 0 unspecified atom stereocenters. The monoisotopic (exact) mass is 487 g/mol. The summed E-state index contributed by atoms with van der Waals surface area (Å²) in [5.41, 5.74) is 0.466. The van der Waals surface area contributed by atoms with Gasteiger partial charge in [-0.2, -0.15) is 15.0 Å². The third-order valence-corrected chi connectivity index (χ3v) is 9.37. The number of rotatable bonds is 6. The van der Waals surface area contributed by atoms with Crippen LogP contribution in [0.3, 0.4) is 0 Å². The molecular formula is C28H53N7. The molecule has 2 aliphatic rings. The van der Waals surface area contributed by atoms with Crippen LogP contribution in [0.25, 0.3) is 0 Å². The fourth-order valence-electron chi connectivity index (χ4n) is 6.91. The van der Waals surface area contributed by atoms with E-state index in [2.05, 4.69) is 103 Å². The summed E-state index contributed by atoms with van der Waals surface area (Å²) in [5, 5.41) is 0. The van der Waals surface area contributed by atoms with Crippen LogP contribution in [-0.4, -0.2) is 86.2 Å². The Kier molecular flexibility index (Phi) is 7.58. The summed E-state index contributed by atoms with van der Waals surface area (Å²) in [6.45, 7) is 27.2. The van der Waals surface area contributed by atoms with Gasteiger partial charge in [0.15, 0.2) is 0 Å². The number of hydrogen-bond donors (Lipinski definition) is 0. The number of anilines is 2. The first-order valence-electron chi connectivity index (χ1n) is 13.7. The second kappa shape index (κ2) is 9.44. The van der Waals surface area contributed by atoms with Gasteiger partial charge in [0.25, 0.3) is 0 Å². The molecule has 0 bridgehead atoms. The van der Waals surface area contributed by atoms with Crippen LogP contribution in [0.2, 0.25) is 0 Å². The highest BCUT2D eigenvalue weighted by Gasteiger charge is 2.46. The highest BCUT2D eigenvalue weighted by Crippen LogP contribution is 2.41. The normalized spacial score (nSPS) is 24.9. The van der Waals surface area contributed by atoms with Gasteiger partial charge in [-0.25, -0.2) is 0 Å². The molecule has 3 heterocycles. The first kappa shape index (κ1) is 28.1. The van der Waals surface area contributed by atoms with Gasteiger partial charge in [-0.3, -0.25) is 9.80 Å². The lowest BCUT2D eigenvalue weighted by Crippen LogP contribution is -2.63. The van der Waals surface area contributed by atoms with Gasteiger partial charge in [-0.15, -0.1) is 0 Å². The largest absolute Gasteiger partial charge is 0.338 e. The molecule has 1 aromatic heterocycles. The Morgan fingerprint density at radius 1 is 0.629 bits per heavy atom. The first-order valence-corrected chi connectivity index (χ1v) is 13.7.